The molecule has 1 aliphatic heterocycles. The van der Waals surface area contributed by atoms with E-state index in [2.05, 4.69) is 35.9 Å². The quantitative estimate of drug-likeness (QED) is 0.858. The van der Waals surface area contributed by atoms with Gasteiger partial charge in [0.2, 0.25) is 11.8 Å². The summed E-state index contributed by atoms with van der Waals surface area (Å²) >= 11 is 0. The molecule has 1 aromatic rings. The van der Waals surface area contributed by atoms with E-state index in [-0.39, 0.29) is 0 Å². The van der Waals surface area contributed by atoms with E-state index in [1.807, 2.05) is 0 Å². The van der Waals surface area contributed by atoms with Crippen LogP contribution in [0.4, 0.5) is 0 Å². The molecule has 102 valence electrons. The van der Waals surface area contributed by atoms with E-state index in [4.69, 9.17) is 10.2 Å². The molecule has 1 saturated heterocycles. The van der Waals surface area contributed by atoms with Crippen LogP contribution in [0, 0.1) is 5.92 Å². The molecule has 0 aromatic carbocycles. The molecule has 0 aliphatic carbocycles. The minimum absolute atomic E-state index is 0.304. The van der Waals surface area contributed by atoms with E-state index in [9.17, 15) is 0 Å². The molecule has 0 amide bonds. The van der Waals surface area contributed by atoms with Gasteiger partial charge in [0.05, 0.1) is 0 Å². The summed E-state index contributed by atoms with van der Waals surface area (Å²) in [5.41, 5.74) is 5.91. The number of rotatable bonds is 5. The number of likely N-dealkylation sites (tertiary alicyclic amines) is 1. The summed E-state index contributed by atoms with van der Waals surface area (Å²) in [5.74, 6) is 2.32. The number of hydrogen-bond donors (Lipinski definition) is 1. The maximum atomic E-state index is 5.91. The van der Waals surface area contributed by atoms with Gasteiger partial charge < -0.3 is 15.1 Å². The van der Waals surface area contributed by atoms with Crippen molar-refractivity contribution in [2.75, 3.05) is 19.6 Å². The molecule has 18 heavy (non-hydrogen) atoms. The number of aromatic nitrogens is 2. The Labute approximate surface area is 109 Å². The minimum atomic E-state index is 0.304. The average molecular weight is 252 g/mol. The van der Waals surface area contributed by atoms with Crippen molar-refractivity contribution in [1.82, 2.24) is 15.1 Å². The fraction of sp³-hybridized carbons (Fsp3) is 0.846. The normalized spacial score (nSPS) is 22.8. The van der Waals surface area contributed by atoms with Crippen molar-refractivity contribution < 1.29 is 4.42 Å². The highest BCUT2D eigenvalue weighted by molar-refractivity contribution is 4.89. The fourth-order valence-electron chi connectivity index (χ4n) is 2.41. The van der Waals surface area contributed by atoms with Gasteiger partial charge in [-0.25, -0.2) is 0 Å². The van der Waals surface area contributed by atoms with Crippen molar-refractivity contribution in [1.29, 1.82) is 0 Å². The number of nitrogens with zero attached hydrogens (tertiary/aromatic N) is 3. The van der Waals surface area contributed by atoms with Crippen LogP contribution in [0.1, 0.15) is 44.9 Å². The van der Waals surface area contributed by atoms with E-state index in [1.54, 1.807) is 0 Å². The van der Waals surface area contributed by atoms with Gasteiger partial charge in [-0.2, -0.15) is 0 Å². The van der Waals surface area contributed by atoms with Crippen LogP contribution >= 0.6 is 0 Å². The average Bonchev–Trinajstić information content (AvgIpc) is 2.88. The summed E-state index contributed by atoms with van der Waals surface area (Å²) in [7, 11) is 0. The van der Waals surface area contributed by atoms with Gasteiger partial charge in [0.15, 0.2) is 0 Å². The van der Waals surface area contributed by atoms with Crippen LogP contribution in [0.25, 0.3) is 0 Å². The van der Waals surface area contributed by atoms with Gasteiger partial charge in [-0.3, -0.25) is 0 Å². The molecule has 1 fully saturated rings. The van der Waals surface area contributed by atoms with Crippen molar-refractivity contribution in [3.05, 3.63) is 11.8 Å². The smallest absolute Gasteiger partial charge is 0.219 e. The lowest BCUT2D eigenvalue weighted by Gasteiger charge is -2.19. The van der Waals surface area contributed by atoms with Crippen molar-refractivity contribution in [3.8, 4) is 0 Å². The Morgan fingerprint density at radius 2 is 2.17 bits per heavy atom. The predicted molar refractivity (Wildman–Crippen MR) is 70.3 cm³/mol. The van der Waals surface area contributed by atoms with Crippen LogP contribution in [-0.4, -0.2) is 40.8 Å². The van der Waals surface area contributed by atoms with Gasteiger partial charge >= 0.3 is 0 Å². The Bertz CT molecular complexity index is 377. The summed E-state index contributed by atoms with van der Waals surface area (Å²) in [5, 5.41) is 8.17. The van der Waals surface area contributed by atoms with Crippen LogP contribution < -0.4 is 5.73 Å². The highest BCUT2D eigenvalue weighted by Gasteiger charge is 2.21. The second-order valence-corrected chi connectivity index (χ2v) is 5.81. The van der Waals surface area contributed by atoms with Crippen molar-refractivity contribution in [2.45, 2.75) is 45.6 Å². The van der Waals surface area contributed by atoms with Gasteiger partial charge in [0.25, 0.3) is 0 Å². The molecule has 2 N–H and O–H groups in total. The van der Waals surface area contributed by atoms with Gasteiger partial charge in [0.1, 0.15) is 0 Å². The van der Waals surface area contributed by atoms with E-state index < -0.39 is 0 Å². The Kier molecular flexibility index (Phi) is 4.35. The van der Waals surface area contributed by atoms with Gasteiger partial charge in [0, 0.05) is 31.5 Å². The first-order chi connectivity index (χ1) is 8.54. The Morgan fingerprint density at radius 3 is 2.72 bits per heavy atom. The zero-order chi connectivity index (χ0) is 13.1. The number of hydrogen-bond acceptors (Lipinski definition) is 5. The standard InChI is InChI=1S/C13H24N4O/c1-9(2)13-16-15-12(18-13)6-10(3)7-17-5-4-11(14)8-17/h9-11H,4-8,14H2,1-3H3. The first kappa shape index (κ1) is 13.5. The zero-order valence-electron chi connectivity index (χ0n) is 11.6. The maximum Gasteiger partial charge on any atom is 0.219 e. The Balaban J connectivity index is 1.81. The molecule has 1 aromatic heterocycles. The van der Waals surface area contributed by atoms with Gasteiger partial charge in [-0.1, -0.05) is 20.8 Å². The Morgan fingerprint density at radius 1 is 1.39 bits per heavy atom. The van der Waals surface area contributed by atoms with E-state index >= 15 is 0 Å². The lowest BCUT2D eigenvalue weighted by atomic mass is 10.1. The van der Waals surface area contributed by atoms with Gasteiger partial charge in [-0.15, -0.1) is 10.2 Å². The lowest BCUT2D eigenvalue weighted by Crippen LogP contribution is -2.30. The summed E-state index contributed by atoms with van der Waals surface area (Å²) in [6, 6.07) is 0.355. The summed E-state index contributed by atoms with van der Waals surface area (Å²) in [6.07, 6.45) is 1.97. The van der Waals surface area contributed by atoms with Crippen molar-refractivity contribution in [3.63, 3.8) is 0 Å². The van der Waals surface area contributed by atoms with E-state index in [0.29, 0.717) is 17.9 Å². The molecule has 5 heteroatoms. The van der Waals surface area contributed by atoms with E-state index in [1.165, 1.54) is 0 Å². The van der Waals surface area contributed by atoms with E-state index in [0.717, 1.165) is 44.3 Å². The second-order valence-electron chi connectivity index (χ2n) is 5.81. The number of nitrogens with two attached hydrogens (primary N) is 1. The zero-order valence-corrected chi connectivity index (χ0v) is 11.6. The third-order valence-corrected chi connectivity index (χ3v) is 3.38. The summed E-state index contributed by atoms with van der Waals surface area (Å²) in [6.45, 7) is 9.55. The molecule has 2 atom stereocenters. The molecule has 2 heterocycles. The lowest BCUT2D eigenvalue weighted by molar-refractivity contribution is 0.273. The molecule has 0 bridgehead atoms. The topological polar surface area (TPSA) is 68.2 Å². The summed E-state index contributed by atoms with van der Waals surface area (Å²) < 4.78 is 5.64. The highest BCUT2D eigenvalue weighted by Crippen LogP contribution is 2.16. The summed E-state index contributed by atoms with van der Waals surface area (Å²) in [4.78, 5) is 2.43. The second kappa shape index (κ2) is 5.80. The molecule has 2 rings (SSSR count). The molecular formula is C13H24N4O. The molecular weight excluding hydrogens is 228 g/mol. The molecule has 5 nitrogen and oxygen atoms in total. The first-order valence-corrected chi connectivity index (χ1v) is 6.84. The van der Waals surface area contributed by atoms with Crippen LogP contribution in [0.2, 0.25) is 0 Å². The maximum absolute atomic E-state index is 5.91. The predicted octanol–water partition coefficient (Wildman–Crippen LogP) is 1.40. The third-order valence-electron chi connectivity index (χ3n) is 3.38. The first-order valence-electron chi connectivity index (χ1n) is 6.84. The largest absolute Gasteiger partial charge is 0.425 e. The molecule has 1 aliphatic rings. The monoisotopic (exact) mass is 252 g/mol. The van der Waals surface area contributed by atoms with Crippen LogP contribution in [0.3, 0.4) is 0 Å². The molecule has 0 spiro atoms. The minimum Gasteiger partial charge on any atom is -0.425 e. The van der Waals surface area contributed by atoms with Gasteiger partial charge in [-0.05, 0) is 18.9 Å². The SMILES string of the molecule is CC(Cc1nnc(C(C)C)o1)CN1CCC(N)C1. The fourth-order valence-corrected chi connectivity index (χ4v) is 2.41. The molecule has 0 radical (unpaired) electrons. The highest BCUT2D eigenvalue weighted by atomic mass is 16.4. The van der Waals surface area contributed by atoms with Crippen molar-refractivity contribution >= 4 is 0 Å². The van der Waals surface area contributed by atoms with Crippen LogP contribution in [0.5, 0.6) is 0 Å². The third kappa shape index (κ3) is 3.53. The Hall–Kier alpha value is -0.940. The van der Waals surface area contributed by atoms with Crippen LogP contribution in [0.15, 0.2) is 4.42 Å². The van der Waals surface area contributed by atoms with Crippen molar-refractivity contribution in [2.24, 2.45) is 11.7 Å². The van der Waals surface area contributed by atoms with Crippen LogP contribution in [-0.2, 0) is 6.42 Å². The molecule has 2 unspecified atom stereocenters. The molecule has 0 saturated carbocycles.